The zero-order valence-corrected chi connectivity index (χ0v) is 13.7. The van der Waals surface area contributed by atoms with Gasteiger partial charge in [-0.2, -0.15) is 4.39 Å². The summed E-state index contributed by atoms with van der Waals surface area (Å²) in [5.74, 6) is -0.481. The van der Waals surface area contributed by atoms with Crippen LogP contribution in [0.4, 0.5) is 4.39 Å². The number of halogens is 1. The van der Waals surface area contributed by atoms with Gasteiger partial charge >= 0.3 is 0 Å². The van der Waals surface area contributed by atoms with Crippen molar-refractivity contribution in [3.8, 4) is 16.8 Å². The van der Waals surface area contributed by atoms with Crippen molar-refractivity contribution >= 4 is 11.0 Å². The SMILES string of the molecule is C[C@@H](N)c1ccc2c(c1)ncn2-c1cccc(-c2ccc(F)nc2)c1. The van der Waals surface area contributed by atoms with E-state index >= 15 is 0 Å². The van der Waals surface area contributed by atoms with Crippen LogP contribution in [-0.4, -0.2) is 14.5 Å². The van der Waals surface area contributed by atoms with Crippen LogP contribution >= 0.6 is 0 Å². The molecule has 5 heteroatoms. The molecule has 25 heavy (non-hydrogen) atoms. The lowest BCUT2D eigenvalue weighted by molar-refractivity contribution is 0.584. The molecular formula is C20H17FN4. The first-order valence-electron chi connectivity index (χ1n) is 8.07. The van der Waals surface area contributed by atoms with Gasteiger partial charge in [-0.05, 0) is 54.4 Å². The molecule has 0 amide bonds. The Labute approximate surface area is 144 Å². The van der Waals surface area contributed by atoms with E-state index in [2.05, 4.69) is 9.97 Å². The molecule has 0 fully saturated rings. The molecule has 2 heterocycles. The summed E-state index contributed by atoms with van der Waals surface area (Å²) in [6.45, 7) is 1.96. The standard InChI is InChI=1S/C20H17FN4/c1-13(22)14-5-7-19-18(10-14)24-12-25(19)17-4-2-3-15(9-17)16-6-8-20(21)23-11-16/h2-13H,22H2,1H3/t13-/m1/s1. The highest BCUT2D eigenvalue weighted by atomic mass is 19.1. The molecule has 1 atom stereocenters. The predicted octanol–water partition coefficient (Wildman–Crippen LogP) is 4.25. The first-order valence-corrected chi connectivity index (χ1v) is 8.07. The molecule has 0 spiro atoms. The molecule has 0 unspecified atom stereocenters. The molecular weight excluding hydrogens is 315 g/mol. The number of nitrogens with zero attached hydrogens (tertiary/aromatic N) is 3. The number of pyridine rings is 1. The van der Waals surface area contributed by atoms with Crippen LogP contribution in [-0.2, 0) is 0 Å². The summed E-state index contributed by atoms with van der Waals surface area (Å²) in [5, 5.41) is 0. The first kappa shape index (κ1) is 15.5. The number of hydrogen-bond acceptors (Lipinski definition) is 3. The number of imidazole rings is 1. The van der Waals surface area contributed by atoms with E-state index in [0.717, 1.165) is 33.4 Å². The maximum absolute atomic E-state index is 13.0. The average Bonchev–Trinajstić information content (AvgIpc) is 3.05. The third-order valence-corrected chi connectivity index (χ3v) is 4.28. The summed E-state index contributed by atoms with van der Waals surface area (Å²) in [6.07, 6.45) is 3.34. The summed E-state index contributed by atoms with van der Waals surface area (Å²) in [5.41, 5.74) is 11.8. The predicted molar refractivity (Wildman–Crippen MR) is 96.9 cm³/mol. The molecule has 0 aliphatic heterocycles. The number of fused-ring (bicyclic) bond motifs is 1. The van der Waals surface area contributed by atoms with Crippen LogP contribution in [0.2, 0.25) is 0 Å². The van der Waals surface area contributed by atoms with Crippen molar-refractivity contribution in [2.45, 2.75) is 13.0 Å². The first-order chi connectivity index (χ1) is 12.1. The minimum Gasteiger partial charge on any atom is -0.324 e. The Bertz CT molecular complexity index is 1040. The molecule has 2 N–H and O–H groups in total. The van der Waals surface area contributed by atoms with Crippen LogP contribution in [0.15, 0.2) is 67.1 Å². The normalized spacial score (nSPS) is 12.4. The Morgan fingerprint density at radius 3 is 2.64 bits per heavy atom. The fourth-order valence-corrected chi connectivity index (χ4v) is 2.90. The van der Waals surface area contributed by atoms with Gasteiger partial charge in [0.1, 0.15) is 6.33 Å². The smallest absolute Gasteiger partial charge is 0.212 e. The molecule has 0 bridgehead atoms. The van der Waals surface area contributed by atoms with Gasteiger partial charge in [-0.1, -0.05) is 18.2 Å². The summed E-state index contributed by atoms with van der Waals surface area (Å²) in [6, 6.07) is 17.1. The Hall–Kier alpha value is -3.05. The summed E-state index contributed by atoms with van der Waals surface area (Å²) < 4.78 is 15.1. The quantitative estimate of drug-likeness (QED) is 0.571. The van der Waals surface area contributed by atoms with Gasteiger partial charge in [-0.15, -0.1) is 0 Å². The average molecular weight is 332 g/mol. The Morgan fingerprint density at radius 2 is 1.88 bits per heavy atom. The largest absolute Gasteiger partial charge is 0.324 e. The number of benzene rings is 2. The molecule has 0 saturated carbocycles. The van der Waals surface area contributed by atoms with Crippen LogP contribution in [0.25, 0.3) is 27.8 Å². The van der Waals surface area contributed by atoms with E-state index in [1.54, 1.807) is 12.4 Å². The molecule has 0 radical (unpaired) electrons. The molecule has 124 valence electrons. The highest BCUT2D eigenvalue weighted by Gasteiger charge is 2.08. The van der Waals surface area contributed by atoms with Crippen LogP contribution in [0.5, 0.6) is 0 Å². The zero-order chi connectivity index (χ0) is 17.4. The second kappa shape index (κ2) is 6.11. The molecule has 0 saturated heterocycles. The topological polar surface area (TPSA) is 56.7 Å². The van der Waals surface area contributed by atoms with Crippen molar-refractivity contribution in [3.63, 3.8) is 0 Å². The van der Waals surface area contributed by atoms with Crippen molar-refractivity contribution in [2.24, 2.45) is 5.73 Å². The number of hydrogen-bond donors (Lipinski definition) is 1. The van der Waals surface area contributed by atoms with Crippen LogP contribution in [0, 0.1) is 5.95 Å². The monoisotopic (exact) mass is 332 g/mol. The minimum atomic E-state index is -0.481. The molecule has 4 nitrogen and oxygen atoms in total. The Balaban J connectivity index is 1.78. The van der Waals surface area contributed by atoms with Crippen molar-refractivity contribution in [3.05, 3.63) is 78.6 Å². The van der Waals surface area contributed by atoms with Gasteiger partial charge in [0.15, 0.2) is 0 Å². The minimum absolute atomic E-state index is 0.0242. The Kier molecular flexibility index (Phi) is 3.78. The fourth-order valence-electron chi connectivity index (χ4n) is 2.90. The molecule has 0 aliphatic rings. The maximum atomic E-state index is 13.0. The van der Waals surface area contributed by atoms with E-state index in [0.29, 0.717) is 0 Å². The molecule has 4 rings (SSSR count). The summed E-state index contributed by atoms with van der Waals surface area (Å²) >= 11 is 0. The number of nitrogens with two attached hydrogens (primary N) is 1. The number of rotatable bonds is 3. The summed E-state index contributed by atoms with van der Waals surface area (Å²) in [4.78, 5) is 8.22. The van der Waals surface area contributed by atoms with Crippen molar-refractivity contribution in [2.75, 3.05) is 0 Å². The van der Waals surface area contributed by atoms with Crippen LogP contribution < -0.4 is 5.73 Å². The summed E-state index contributed by atoms with van der Waals surface area (Å²) in [7, 11) is 0. The van der Waals surface area contributed by atoms with Gasteiger partial charge in [-0.3, -0.25) is 4.57 Å². The third kappa shape index (κ3) is 2.90. The van der Waals surface area contributed by atoms with Crippen LogP contribution in [0.1, 0.15) is 18.5 Å². The van der Waals surface area contributed by atoms with E-state index in [1.807, 2.05) is 54.0 Å². The zero-order valence-electron chi connectivity index (χ0n) is 13.7. The second-order valence-electron chi connectivity index (χ2n) is 6.07. The second-order valence-corrected chi connectivity index (χ2v) is 6.07. The lowest BCUT2D eigenvalue weighted by atomic mass is 10.1. The lowest BCUT2D eigenvalue weighted by Gasteiger charge is -2.09. The highest BCUT2D eigenvalue weighted by molar-refractivity contribution is 5.79. The number of aromatic nitrogens is 3. The molecule has 0 aliphatic carbocycles. The van der Waals surface area contributed by atoms with Crippen molar-refractivity contribution in [1.29, 1.82) is 0 Å². The van der Waals surface area contributed by atoms with Gasteiger partial charge in [0.25, 0.3) is 0 Å². The maximum Gasteiger partial charge on any atom is 0.212 e. The van der Waals surface area contributed by atoms with Gasteiger partial charge < -0.3 is 5.73 Å². The van der Waals surface area contributed by atoms with Gasteiger partial charge in [0, 0.05) is 23.5 Å². The Morgan fingerprint density at radius 1 is 1.00 bits per heavy atom. The lowest BCUT2D eigenvalue weighted by Crippen LogP contribution is -2.04. The molecule has 2 aromatic carbocycles. The van der Waals surface area contributed by atoms with E-state index < -0.39 is 5.95 Å². The molecule has 2 aromatic heterocycles. The van der Waals surface area contributed by atoms with E-state index in [1.165, 1.54) is 12.3 Å². The van der Waals surface area contributed by atoms with Crippen molar-refractivity contribution in [1.82, 2.24) is 14.5 Å². The fraction of sp³-hybridized carbons (Fsp3) is 0.100. The van der Waals surface area contributed by atoms with E-state index in [4.69, 9.17) is 5.73 Å². The van der Waals surface area contributed by atoms with Gasteiger partial charge in [0.05, 0.1) is 11.0 Å². The van der Waals surface area contributed by atoms with E-state index in [-0.39, 0.29) is 6.04 Å². The van der Waals surface area contributed by atoms with E-state index in [9.17, 15) is 4.39 Å². The highest BCUT2D eigenvalue weighted by Crippen LogP contribution is 2.25. The van der Waals surface area contributed by atoms with Crippen LogP contribution in [0.3, 0.4) is 0 Å². The van der Waals surface area contributed by atoms with Gasteiger partial charge in [-0.25, -0.2) is 9.97 Å². The van der Waals surface area contributed by atoms with Gasteiger partial charge in [0.2, 0.25) is 5.95 Å². The van der Waals surface area contributed by atoms with Crippen molar-refractivity contribution < 1.29 is 4.39 Å². The third-order valence-electron chi connectivity index (χ3n) is 4.28. The molecule has 4 aromatic rings.